The van der Waals surface area contributed by atoms with Crippen LogP contribution in [0.4, 0.5) is 0 Å². The second-order valence-corrected chi connectivity index (χ2v) is 7.04. The van der Waals surface area contributed by atoms with Crippen LogP contribution < -0.4 is 9.47 Å². The molecule has 0 atom stereocenters. The van der Waals surface area contributed by atoms with Crippen molar-refractivity contribution >= 4 is 6.08 Å². The summed E-state index contributed by atoms with van der Waals surface area (Å²) in [5.74, 6) is 1.75. The molecule has 2 aliphatic heterocycles. The second kappa shape index (κ2) is 5.38. The Morgan fingerprint density at radius 3 is 2.71 bits per heavy atom. The van der Waals surface area contributed by atoms with E-state index in [0.29, 0.717) is 6.79 Å². The van der Waals surface area contributed by atoms with Crippen molar-refractivity contribution in [1.82, 2.24) is 4.90 Å². The zero-order chi connectivity index (χ0) is 16.0. The van der Waals surface area contributed by atoms with Crippen molar-refractivity contribution in [2.45, 2.75) is 24.8 Å². The zero-order valence-electron chi connectivity index (χ0n) is 13.7. The van der Waals surface area contributed by atoms with E-state index in [4.69, 9.17) is 9.47 Å². The van der Waals surface area contributed by atoms with Crippen molar-refractivity contribution in [1.29, 1.82) is 0 Å². The Labute approximate surface area is 142 Å². The van der Waals surface area contributed by atoms with E-state index in [2.05, 4.69) is 53.5 Å². The molecule has 122 valence electrons. The van der Waals surface area contributed by atoms with Crippen LogP contribution in [0.3, 0.4) is 0 Å². The summed E-state index contributed by atoms with van der Waals surface area (Å²) in [7, 11) is 0. The molecule has 0 N–H and O–H groups in total. The van der Waals surface area contributed by atoms with Crippen LogP contribution in [-0.2, 0) is 12.0 Å². The molecule has 1 fully saturated rings. The summed E-state index contributed by atoms with van der Waals surface area (Å²) in [5.41, 5.74) is 4.49. The van der Waals surface area contributed by atoms with Crippen LogP contribution in [0.2, 0.25) is 0 Å². The number of allylic oxidation sites excluding steroid dienone is 1. The standard InChI is InChI=1S/C21H21NO2/c1-2-4-18-17(3-1)7-8-21(18)9-11-22(12-10-21)14-16-5-6-19-20(13-16)24-15-23-19/h1-8,13H,9-12,14-15H2. The first-order valence-corrected chi connectivity index (χ1v) is 8.72. The summed E-state index contributed by atoms with van der Waals surface area (Å²) < 4.78 is 10.9. The van der Waals surface area contributed by atoms with Gasteiger partial charge in [0, 0.05) is 12.0 Å². The molecule has 0 bridgehead atoms. The predicted octanol–water partition coefficient (Wildman–Crippen LogP) is 3.98. The molecule has 24 heavy (non-hydrogen) atoms. The number of piperidine rings is 1. The first kappa shape index (κ1) is 14.1. The quantitative estimate of drug-likeness (QED) is 0.836. The maximum absolute atomic E-state index is 5.49. The summed E-state index contributed by atoms with van der Waals surface area (Å²) in [6.45, 7) is 3.59. The fourth-order valence-electron chi connectivity index (χ4n) is 4.28. The van der Waals surface area contributed by atoms with Gasteiger partial charge in [0.2, 0.25) is 6.79 Å². The average molecular weight is 319 g/mol. The van der Waals surface area contributed by atoms with E-state index in [1.165, 1.54) is 29.5 Å². The highest BCUT2D eigenvalue weighted by Crippen LogP contribution is 2.43. The number of fused-ring (bicyclic) bond motifs is 3. The number of ether oxygens (including phenoxy) is 2. The number of hydrogen-bond donors (Lipinski definition) is 0. The van der Waals surface area contributed by atoms with E-state index in [1.54, 1.807) is 0 Å². The summed E-state index contributed by atoms with van der Waals surface area (Å²) in [6, 6.07) is 15.2. The van der Waals surface area contributed by atoms with E-state index in [1.807, 2.05) is 6.07 Å². The molecule has 1 aliphatic carbocycles. The SMILES string of the molecule is C1=CC2(CCN(Cc3ccc4c(c3)OCO4)CC2)c2ccccc21. The van der Waals surface area contributed by atoms with E-state index >= 15 is 0 Å². The van der Waals surface area contributed by atoms with Crippen molar-refractivity contribution in [3.8, 4) is 11.5 Å². The Hall–Kier alpha value is -2.26. The molecule has 2 heterocycles. The monoisotopic (exact) mass is 319 g/mol. The topological polar surface area (TPSA) is 21.7 Å². The first-order valence-electron chi connectivity index (χ1n) is 8.72. The molecule has 0 saturated carbocycles. The van der Waals surface area contributed by atoms with Gasteiger partial charge < -0.3 is 9.47 Å². The van der Waals surface area contributed by atoms with Gasteiger partial charge in [-0.2, -0.15) is 0 Å². The lowest BCUT2D eigenvalue weighted by Crippen LogP contribution is -2.40. The van der Waals surface area contributed by atoms with Gasteiger partial charge in [-0.05, 0) is 54.8 Å². The summed E-state index contributed by atoms with van der Waals surface area (Å²) in [6.07, 6.45) is 7.15. The van der Waals surface area contributed by atoms with Crippen LogP contribution >= 0.6 is 0 Å². The summed E-state index contributed by atoms with van der Waals surface area (Å²) >= 11 is 0. The number of rotatable bonds is 2. The Bertz CT molecular complexity index is 803. The lowest BCUT2D eigenvalue weighted by Gasteiger charge is -2.39. The molecule has 3 nitrogen and oxygen atoms in total. The Morgan fingerprint density at radius 1 is 0.958 bits per heavy atom. The molecule has 5 rings (SSSR count). The molecule has 0 unspecified atom stereocenters. The minimum absolute atomic E-state index is 0.266. The Balaban J connectivity index is 1.29. The van der Waals surface area contributed by atoms with Crippen LogP contribution in [0.5, 0.6) is 11.5 Å². The molecule has 3 aliphatic rings. The van der Waals surface area contributed by atoms with Gasteiger partial charge in [0.1, 0.15) is 0 Å². The van der Waals surface area contributed by atoms with Gasteiger partial charge in [-0.25, -0.2) is 0 Å². The molecule has 3 heteroatoms. The van der Waals surface area contributed by atoms with Crippen molar-refractivity contribution in [2.75, 3.05) is 19.9 Å². The number of likely N-dealkylation sites (tertiary alicyclic amines) is 1. The van der Waals surface area contributed by atoms with Crippen LogP contribution in [0, 0.1) is 0 Å². The molecule has 0 amide bonds. The first-order chi connectivity index (χ1) is 11.8. The third-order valence-electron chi connectivity index (χ3n) is 5.67. The van der Waals surface area contributed by atoms with Crippen molar-refractivity contribution in [3.63, 3.8) is 0 Å². The van der Waals surface area contributed by atoms with E-state index in [-0.39, 0.29) is 5.41 Å². The number of nitrogens with zero attached hydrogens (tertiary/aromatic N) is 1. The van der Waals surface area contributed by atoms with Gasteiger partial charge in [-0.15, -0.1) is 0 Å². The Kier molecular flexibility index (Phi) is 3.17. The lowest BCUT2D eigenvalue weighted by molar-refractivity contribution is 0.172. The maximum Gasteiger partial charge on any atom is 0.231 e. The third-order valence-corrected chi connectivity index (χ3v) is 5.67. The molecule has 2 aromatic rings. The van der Waals surface area contributed by atoms with Crippen molar-refractivity contribution in [3.05, 3.63) is 65.2 Å². The number of benzene rings is 2. The maximum atomic E-state index is 5.49. The molecular formula is C21H21NO2. The third kappa shape index (κ3) is 2.23. The fraction of sp³-hybridized carbons (Fsp3) is 0.333. The highest BCUT2D eigenvalue weighted by Gasteiger charge is 2.37. The van der Waals surface area contributed by atoms with Gasteiger partial charge in [0.25, 0.3) is 0 Å². The van der Waals surface area contributed by atoms with E-state index in [9.17, 15) is 0 Å². The van der Waals surface area contributed by atoms with Crippen molar-refractivity contribution < 1.29 is 9.47 Å². The molecular weight excluding hydrogens is 298 g/mol. The molecule has 0 radical (unpaired) electrons. The highest BCUT2D eigenvalue weighted by molar-refractivity contribution is 5.65. The fourth-order valence-corrected chi connectivity index (χ4v) is 4.28. The summed E-state index contributed by atoms with van der Waals surface area (Å²) in [4.78, 5) is 2.55. The highest BCUT2D eigenvalue weighted by atomic mass is 16.7. The van der Waals surface area contributed by atoms with Gasteiger partial charge in [-0.3, -0.25) is 4.90 Å². The zero-order valence-corrected chi connectivity index (χ0v) is 13.7. The van der Waals surface area contributed by atoms with Crippen molar-refractivity contribution in [2.24, 2.45) is 0 Å². The predicted molar refractivity (Wildman–Crippen MR) is 94.2 cm³/mol. The molecule has 1 spiro atoms. The summed E-state index contributed by atoms with van der Waals surface area (Å²) in [5, 5.41) is 0. The second-order valence-electron chi connectivity index (χ2n) is 7.04. The average Bonchev–Trinajstić information content (AvgIpc) is 3.22. The van der Waals surface area contributed by atoms with Crippen LogP contribution in [0.1, 0.15) is 29.5 Å². The lowest BCUT2D eigenvalue weighted by atomic mass is 9.74. The minimum Gasteiger partial charge on any atom is -0.454 e. The number of hydrogen-bond acceptors (Lipinski definition) is 3. The van der Waals surface area contributed by atoms with Crippen LogP contribution in [0.15, 0.2) is 48.5 Å². The van der Waals surface area contributed by atoms with Gasteiger partial charge >= 0.3 is 0 Å². The van der Waals surface area contributed by atoms with Gasteiger partial charge in [0.05, 0.1) is 0 Å². The smallest absolute Gasteiger partial charge is 0.231 e. The molecule has 2 aromatic carbocycles. The largest absolute Gasteiger partial charge is 0.454 e. The van der Waals surface area contributed by atoms with E-state index < -0.39 is 0 Å². The van der Waals surface area contributed by atoms with Crippen LogP contribution in [0.25, 0.3) is 6.08 Å². The Morgan fingerprint density at radius 2 is 1.79 bits per heavy atom. The minimum atomic E-state index is 0.266. The molecule has 0 aromatic heterocycles. The van der Waals surface area contributed by atoms with Gasteiger partial charge in [0.15, 0.2) is 11.5 Å². The van der Waals surface area contributed by atoms with Crippen LogP contribution in [-0.4, -0.2) is 24.8 Å². The van der Waals surface area contributed by atoms with E-state index in [0.717, 1.165) is 31.1 Å². The normalized spacial score (nSPS) is 20.5. The van der Waals surface area contributed by atoms with Gasteiger partial charge in [-0.1, -0.05) is 42.5 Å². The molecule has 1 saturated heterocycles.